The van der Waals surface area contributed by atoms with Gasteiger partial charge >= 0.3 is 0 Å². The molecule has 0 radical (unpaired) electrons. The SMILES string of the molecule is N#Cc1c2ccccc2nn1-c1ccccc1. The van der Waals surface area contributed by atoms with Crippen LogP contribution in [-0.4, -0.2) is 9.78 Å². The standard InChI is InChI=1S/C14H9N3/c15-10-14-12-8-4-5-9-13(12)16-17(14)11-6-2-1-3-7-11/h1-9H. The summed E-state index contributed by atoms with van der Waals surface area (Å²) in [4.78, 5) is 0. The van der Waals surface area contributed by atoms with E-state index in [1.54, 1.807) is 4.68 Å². The Hall–Kier alpha value is -2.60. The van der Waals surface area contributed by atoms with Crippen LogP contribution in [0.2, 0.25) is 0 Å². The number of hydrogen-bond donors (Lipinski definition) is 0. The summed E-state index contributed by atoms with van der Waals surface area (Å²) in [6, 6.07) is 19.6. The first kappa shape index (κ1) is 9.61. The predicted octanol–water partition coefficient (Wildman–Crippen LogP) is 2.90. The van der Waals surface area contributed by atoms with Crippen molar-refractivity contribution in [2.24, 2.45) is 0 Å². The van der Waals surface area contributed by atoms with E-state index in [1.807, 2.05) is 54.6 Å². The number of fused-ring (bicyclic) bond motifs is 1. The summed E-state index contributed by atoms with van der Waals surface area (Å²) in [7, 11) is 0. The summed E-state index contributed by atoms with van der Waals surface area (Å²) in [6.07, 6.45) is 0. The highest BCUT2D eigenvalue weighted by Crippen LogP contribution is 2.20. The van der Waals surface area contributed by atoms with Gasteiger partial charge in [0.15, 0.2) is 5.69 Å². The molecule has 0 N–H and O–H groups in total. The van der Waals surface area contributed by atoms with E-state index in [9.17, 15) is 5.26 Å². The van der Waals surface area contributed by atoms with Crippen molar-refractivity contribution in [2.45, 2.75) is 0 Å². The predicted molar refractivity (Wildman–Crippen MR) is 65.8 cm³/mol. The number of aromatic nitrogens is 2. The first-order chi connectivity index (χ1) is 8.40. The molecule has 0 bridgehead atoms. The molecule has 0 amide bonds. The summed E-state index contributed by atoms with van der Waals surface area (Å²) in [6.45, 7) is 0. The van der Waals surface area contributed by atoms with Gasteiger partial charge in [-0.1, -0.05) is 30.3 Å². The summed E-state index contributed by atoms with van der Waals surface area (Å²) >= 11 is 0. The molecule has 3 rings (SSSR count). The van der Waals surface area contributed by atoms with E-state index in [0.29, 0.717) is 5.69 Å². The summed E-state index contributed by atoms with van der Waals surface area (Å²) in [5, 5.41) is 14.6. The van der Waals surface area contributed by atoms with Crippen LogP contribution in [0.3, 0.4) is 0 Å². The molecule has 0 aliphatic carbocycles. The zero-order valence-electron chi connectivity index (χ0n) is 9.04. The maximum atomic E-state index is 9.26. The van der Waals surface area contributed by atoms with Crippen molar-refractivity contribution >= 4 is 10.9 Å². The minimum atomic E-state index is 0.576. The number of para-hydroxylation sites is 1. The van der Waals surface area contributed by atoms with Crippen LogP contribution in [0.25, 0.3) is 16.6 Å². The van der Waals surface area contributed by atoms with Crippen LogP contribution in [0, 0.1) is 11.3 Å². The lowest BCUT2D eigenvalue weighted by Crippen LogP contribution is -1.98. The van der Waals surface area contributed by atoms with Gasteiger partial charge in [0.25, 0.3) is 0 Å². The van der Waals surface area contributed by atoms with E-state index < -0.39 is 0 Å². The van der Waals surface area contributed by atoms with Gasteiger partial charge in [-0.25, -0.2) is 4.68 Å². The van der Waals surface area contributed by atoms with Crippen molar-refractivity contribution in [1.29, 1.82) is 5.26 Å². The number of hydrogen-bond acceptors (Lipinski definition) is 2. The van der Waals surface area contributed by atoms with Crippen molar-refractivity contribution in [1.82, 2.24) is 9.78 Å². The van der Waals surface area contributed by atoms with Crippen molar-refractivity contribution in [3.05, 3.63) is 60.3 Å². The van der Waals surface area contributed by atoms with Gasteiger partial charge in [0.2, 0.25) is 0 Å². The van der Waals surface area contributed by atoms with Gasteiger partial charge in [-0.2, -0.15) is 10.4 Å². The third-order valence-corrected chi connectivity index (χ3v) is 2.69. The molecular formula is C14H9N3. The highest BCUT2D eigenvalue weighted by atomic mass is 15.3. The lowest BCUT2D eigenvalue weighted by atomic mass is 10.2. The Morgan fingerprint density at radius 3 is 2.41 bits per heavy atom. The molecule has 1 aromatic heterocycles. The molecule has 0 saturated carbocycles. The van der Waals surface area contributed by atoms with Crippen LogP contribution in [0.1, 0.15) is 5.69 Å². The molecule has 0 atom stereocenters. The molecule has 3 heteroatoms. The molecule has 0 aliphatic rings. The van der Waals surface area contributed by atoms with Gasteiger partial charge in [0, 0.05) is 5.39 Å². The van der Waals surface area contributed by atoms with E-state index in [2.05, 4.69) is 11.2 Å². The molecule has 2 aromatic carbocycles. The van der Waals surface area contributed by atoms with Crippen molar-refractivity contribution < 1.29 is 0 Å². The van der Waals surface area contributed by atoms with E-state index in [-0.39, 0.29) is 0 Å². The fourth-order valence-electron chi connectivity index (χ4n) is 1.90. The summed E-state index contributed by atoms with van der Waals surface area (Å²) < 4.78 is 1.69. The first-order valence-electron chi connectivity index (χ1n) is 5.33. The van der Waals surface area contributed by atoms with Crippen LogP contribution in [0.4, 0.5) is 0 Å². The summed E-state index contributed by atoms with van der Waals surface area (Å²) in [5.74, 6) is 0. The second-order valence-electron chi connectivity index (χ2n) is 3.72. The maximum absolute atomic E-state index is 9.26. The lowest BCUT2D eigenvalue weighted by Gasteiger charge is -2.00. The number of benzene rings is 2. The quantitative estimate of drug-likeness (QED) is 0.631. The Labute approximate surface area is 98.5 Å². The fourth-order valence-corrected chi connectivity index (χ4v) is 1.90. The Bertz CT molecular complexity index is 705. The molecule has 3 aromatic rings. The Morgan fingerprint density at radius 1 is 0.941 bits per heavy atom. The zero-order valence-corrected chi connectivity index (χ0v) is 9.04. The van der Waals surface area contributed by atoms with Gasteiger partial charge in [-0.15, -0.1) is 0 Å². The molecule has 0 spiro atoms. The normalized spacial score (nSPS) is 10.3. The van der Waals surface area contributed by atoms with Gasteiger partial charge in [-0.3, -0.25) is 0 Å². The Kier molecular flexibility index (Phi) is 2.13. The molecule has 3 nitrogen and oxygen atoms in total. The largest absolute Gasteiger partial charge is 0.222 e. The van der Waals surface area contributed by atoms with E-state index in [1.165, 1.54) is 0 Å². The average molecular weight is 219 g/mol. The molecule has 1 heterocycles. The van der Waals surface area contributed by atoms with Gasteiger partial charge in [-0.05, 0) is 24.3 Å². The third-order valence-electron chi connectivity index (χ3n) is 2.69. The van der Waals surface area contributed by atoms with Gasteiger partial charge in [0.05, 0.1) is 11.2 Å². The van der Waals surface area contributed by atoms with Crippen LogP contribution in [0.5, 0.6) is 0 Å². The molecule has 0 saturated heterocycles. The van der Waals surface area contributed by atoms with Crippen LogP contribution in [-0.2, 0) is 0 Å². The Morgan fingerprint density at radius 2 is 1.65 bits per heavy atom. The topological polar surface area (TPSA) is 41.6 Å². The highest BCUT2D eigenvalue weighted by molar-refractivity contribution is 5.84. The number of rotatable bonds is 1. The highest BCUT2D eigenvalue weighted by Gasteiger charge is 2.10. The van der Waals surface area contributed by atoms with Gasteiger partial charge in [0.1, 0.15) is 6.07 Å². The number of nitrogens with zero attached hydrogens (tertiary/aromatic N) is 3. The smallest absolute Gasteiger partial charge is 0.152 e. The zero-order chi connectivity index (χ0) is 11.7. The van der Waals surface area contributed by atoms with Crippen LogP contribution in [0.15, 0.2) is 54.6 Å². The van der Waals surface area contributed by atoms with Crippen LogP contribution < -0.4 is 0 Å². The van der Waals surface area contributed by atoms with Gasteiger partial charge < -0.3 is 0 Å². The molecule has 17 heavy (non-hydrogen) atoms. The van der Waals surface area contributed by atoms with Crippen molar-refractivity contribution in [3.8, 4) is 11.8 Å². The summed E-state index contributed by atoms with van der Waals surface area (Å²) in [5.41, 5.74) is 2.32. The van der Waals surface area contributed by atoms with E-state index >= 15 is 0 Å². The minimum absolute atomic E-state index is 0.576. The fraction of sp³-hybridized carbons (Fsp3) is 0. The number of nitriles is 1. The van der Waals surface area contributed by atoms with Crippen molar-refractivity contribution in [2.75, 3.05) is 0 Å². The van der Waals surface area contributed by atoms with Crippen molar-refractivity contribution in [3.63, 3.8) is 0 Å². The molecule has 80 valence electrons. The first-order valence-corrected chi connectivity index (χ1v) is 5.33. The van der Waals surface area contributed by atoms with E-state index in [4.69, 9.17) is 0 Å². The minimum Gasteiger partial charge on any atom is -0.222 e. The molecular weight excluding hydrogens is 210 g/mol. The maximum Gasteiger partial charge on any atom is 0.152 e. The second kappa shape index (κ2) is 3.76. The molecule has 0 fully saturated rings. The molecule has 0 aliphatic heterocycles. The second-order valence-corrected chi connectivity index (χ2v) is 3.72. The third kappa shape index (κ3) is 1.47. The van der Waals surface area contributed by atoms with E-state index in [0.717, 1.165) is 16.6 Å². The lowest BCUT2D eigenvalue weighted by molar-refractivity contribution is 0.881. The van der Waals surface area contributed by atoms with Crippen LogP contribution >= 0.6 is 0 Å². The average Bonchev–Trinajstić information content (AvgIpc) is 2.78. The molecule has 0 unspecified atom stereocenters. The monoisotopic (exact) mass is 219 g/mol. The Balaban J connectivity index is 2.35.